The Bertz CT molecular complexity index is 645. The molecule has 2 nitrogen and oxygen atoms in total. The molecule has 0 aromatic heterocycles. The normalized spacial score (nSPS) is 18.0. The highest BCUT2D eigenvalue weighted by Gasteiger charge is 2.21. The van der Waals surface area contributed by atoms with Gasteiger partial charge in [0.2, 0.25) is 0 Å². The van der Waals surface area contributed by atoms with E-state index in [1.165, 1.54) is 48.7 Å². The molecule has 1 aliphatic heterocycles. The molecular formula is C22H32N2. The van der Waals surface area contributed by atoms with Crippen LogP contribution in [0.1, 0.15) is 51.6 Å². The number of piperidine rings is 1. The number of hydrogen-bond acceptors (Lipinski definition) is 2. The van der Waals surface area contributed by atoms with Gasteiger partial charge in [-0.2, -0.15) is 0 Å². The zero-order valence-corrected chi connectivity index (χ0v) is 15.5. The second-order valence-electron chi connectivity index (χ2n) is 8.42. The summed E-state index contributed by atoms with van der Waals surface area (Å²) in [6.45, 7) is 11.6. The van der Waals surface area contributed by atoms with Crippen LogP contribution in [0.3, 0.4) is 0 Å². The smallest absolute Gasteiger partial charge is 0.0455 e. The maximum Gasteiger partial charge on any atom is 0.0455 e. The number of benzene rings is 2. The van der Waals surface area contributed by atoms with Gasteiger partial charge in [-0.1, -0.05) is 69.7 Å². The zero-order chi connectivity index (χ0) is 17.0. The molecule has 1 saturated heterocycles. The highest BCUT2D eigenvalue weighted by Crippen LogP contribution is 2.27. The average Bonchev–Trinajstić information content (AvgIpc) is 2.58. The van der Waals surface area contributed by atoms with E-state index in [4.69, 9.17) is 0 Å². The van der Waals surface area contributed by atoms with Crippen molar-refractivity contribution in [3.63, 3.8) is 0 Å². The van der Waals surface area contributed by atoms with E-state index < -0.39 is 0 Å². The third-order valence-corrected chi connectivity index (χ3v) is 4.97. The summed E-state index contributed by atoms with van der Waals surface area (Å²) in [6, 6.07) is 15.9. The number of likely N-dealkylation sites (tertiary alicyclic amines) is 1. The van der Waals surface area contributed by atoms with E-state index >= 15 is 0 Å². The third kappa shape index (κ3) is 4.58. The fraction of sp³-hybridized carbons (Fsp3) is 0.545. The fourth-order valence-corrected chi connectivity index (χ4v) is 3.66. The number of hydrogen-bond donors (Lipinski definition) is 1. The Morgan fingerprint density at radius 1 is 0.958 bits per heavy atom. The van der Waals surface area contributed by atoms with Crippen LogP contribution in [-0.4, -0.2) is 31.1 Å². The van der Waals surface area contributed by atoms with Crippen molar-refractivity contribution in [2.45, 2.75) is 46.1 Å². The van der Waals surface area contributed by atoms with Crippen molar-refractivity contribution >= 4 is 10.8 Å². The Kier molecular flexibility index (Phi) is 5.57. The van der Waals surface area contributed by atoms with Gasteiger partial charge in [-0.05, 0) is 47.7 Å². The lowest BCUT2D eigenvalue weighted by atomic mass is 9.94. The molecule has 3 rings (SSSR count). The number of nitrogens with zero attached hydrogens (tertiary/aromatic N) is 1. The molecule has 0 aliphatic carbocycles. The summed E-state index contributed by atoms with van der Waals surface area (Å²) in [5, 5.41) is 6.61. The predicted octanol–water partition coefficient (Wildman–Crippen LogP) is 5.00. The number of nitrogens with one attached hydrogen (secondary N) is 1. The zero-order valence-electron chi connectivity index (χ0n) is 15.5. The fourth-order valence-electron chi connectivity index (χ4n) is 3.66. The molecule has 1 fully saturated rings. The maximum absolute atomic E-state index is 3.87. The van der Waals surface area contributed by atoms with Crippen LogP contribution >= 0.6 is 0 Å². The first-order valence-electron chi connectivity index (χ1n) is 9.46. The molecule has 0 spiro atoms. The minimum Gasteiger partial charge on any atom is -0.308 e. The molecule has 2 aromatic carbocycles. The lowest BCUT2D eigenvalue weighted by Crippen LogP contribution is -2.40. The molecule has 1 heterocycles. The van der Waals surface area contributed by atoms with Crippen LogP contribution in [0.15, 0.2) is 42.5 Å². The maximum atomic E-state index is 3.87. The molecule has 0 saturated carbocycles. The van der Waals surface area contributed by atoms with E-state index in [9.17, 15) is 0 Å². The first kappa shape index (κ1) is 17.4. The van der Waals surface area contributed by atoms with E-state index in [2.05, 4.69) is 73.5 Å². The lowest BCUT2D eigenvalue weighted by molar-refractivity contribution is 0.199. The molecule has 0 bridgehead atoms. The SMILES string of the molecule is CC(C)(C)CN[C@@H](CN1CCCCC1)c1cccc2ccccc12. The molecule has 0 radical (unpaired) electrons. The van der Waals surface area contributed by atoms with E-state index in [-0.39, 0.29) is 0 Å². The Labute approximate surface area is 147 Å². The molecule has 130 valence electrons. The van der Waals surface area contributed by atoms with Crippen molar-refractivity contribution in [2.75, 3.05) is 26.2 Å². The Morgan fingerprint density at radius 3 is 2.42 bits per heavy atom. The van der Waals surface area contributed by atoms with Gasteiger partial charge in [0.05, 0.1) is 0 Å². The van der Waals surface area contributed by atoms with Crippen molar-refractivity contribution < 1.29 is 0 Å². The monoisotopic (exact) mass is 324 g/mol. The molecule has 0 amide bonds. The molecule has 1 atom stereocenters. The standard InChI is InChI=1S/C22H32N2/c1-22(2,3)17-23-21(16-24-14-7-4-8-15-24)20-13-9-11-18-10-5-6-12-19(18)20/h5-6,9-13,21,23H,4,7-8,14-17H2,1-3H3/t21-/m0/s1. The average molecular weight is 325 g/mol. The Balaban J connectivity index is 1.86. The summed E-state index contributed by atoms with van der Waals surface area (Å²) in [4.78, 5) is 2.64. The molecule has 0 unspecified atom stereocenters. The molecule has 24 heavy (non-hydrogen) atoms. The second kappa shape index (κ2) is 7.67. The van der Waals surface area contributed by atoms with Gasteiger partial charge in [-0.15, -0.1) is 0 Å². The quantitative estimate of drug-likeness (QED) is 0.832. The summed E-state index contributed by atoms with van der Waals surface area (Å²) < 4.78 is 0. The van der Waals surface area contributed by atoms with Gasteiger partial charge in [0.15, 0.2) is 0 Å². The van der Waals surface area contributed by atoms with Gasteiger partial charge in [-0.25, -0.2) is 0 Å². The third-order valence-electron chi connectivity index (χ3n) is 4.97. The van der Waals surface area contributed by atoms with Crippen LogP contribution in [0.4, 0.5) is 0 Å². The summed E-state index contributed by atoms with van der Waals surface area (Å²) in [5.41, 5.74) is 1.74. The van der Waals surface area contributed by atoms with Crippen molar-refractivity contribution in [3.05, 3.63) is 48.0 Å². The van der Waals surface area contributed by atoms with Gasteiger partial charge >= 0.3 is 0 Å². The topological polar surface area (TPSA) is 15.3 Å². The number of rotatable bonds is 5. The Morgan fingerprint density at radius 2 is 1.67 bits per heavy atom. The Hall–Kier alpha value is -1.38. The highest BCUT2D eigenvalue weighted by molar-refractivity contribution is 5.86. The minimum atomic E-state index is 0.296. The van der Waals surface area contributed by atoms with Gasteiger partial charge in [0.25, 0.3) is 0 Å². The van der Waals surface area contributed by atoms with Crippen molar-refractivity contribution in [1.29, 1.82) is 0 Å². The van der Waals surface area contributed by atoms with E-state index in [0.717, 1.165) is 13.1 Å². The van der Waals surface area contributed by atoms with E-state index in [0.29, 0.717) is 11.5 Å². The predicted molar refractivity (Wildman–Crippen MR) is 104 cm³/mol. The molecule has 1 aliphatic rings. The summed E-state index contributed by atoms with van der Waals surface area (Å²) in [5.74, 6) is 0. The van der Waals surface area contributed by atoms with Crippen LogP contribution in [0.25, 0.3) is 10.8 Å². The second-order valence-corrected chi connectivity index (χ2v) is 8.42. The van der Waals surface area contributed by atoms with Crippen LogP contribution in [0.5, 0.6) is 0 Å². The van der Waals surface area contributed by atoms with E-state index in [1.54, 1.807) is 0 Å². The summed E-state index contributed by atoms with van der Waals surface area (Å²) in [6.07, 6.45) is 4.09. The first-order chi connectivity index (χ1) is 11.5. The molecule has 2 heteroatoms. The van der Waals surface area contributed by atoms with E-state index in [1.807, 2.05) is 0 Å². The highest BCUT2D eigenvalue weighted by atomic mass is 15.2. The van der Waals surface area contributed by atoms with Gasteiger partial charge < -0.3 is 10.2 Å². The van der Waals surface area contributed by atoms with Crippen LogP contribution in [-0.2, 0) is 0 Å². The molecule has 1 N–H and O–H groups in total. The van der Waals surface area contributed by atoms with Gasteiger partial charge in [-0.3, -0.25) is 0 Å². The summed E-state index contributed by atoms with van der Waals surface area (Å²) >= 11 is 0. The molecule has 2 aromatic rings. The van der Waals surface area contributed by atoms with Crippen molar-refractivity contribution in [2.24, 2.45) is 5.41 Å². The minimum absolute atomic E-state index is 0.296. The number of fused-ring (bicyclic) bond motifs is 1. The van der Waals surface area contributed by atoms with Gasteiger partial charge in [0.1, 0.15) is 0 Å². The van der Waals surface area contributed by atoms with Crippen LogP contribution in [0.2, 0.25) is 0 Å². The lowest BCUT2D eigenvalue weighted by Gasteiger charge is -2.33. The molecular weight excluding hydrogens is 292 g/mol. The van der Waals surface area contributed by atoms with Crippen LogP contribution < -0.4 is 5.32 Å². The first-order valence-corrected chi connectivity index (χ1v) is 9.46. The van der Waals surface area contributed by atoms with Gasteiger partial charge in [0, 0.05) is 19.1 Å². The van der Waals surface area contributed by atoms with Crippen molar-refractivity contribution in [1.82, 2.24) is 10.2 Å². The largest absolute Gasteiger partial charge is 0.308 e. The van der Waals surface area contributed by atoms with Crippen molar-refractivity contribution in [3.8, 4) is 0 Å². The summed E-state index contributed by atoms with van der Waals surface area (Å²) in [7, 11) is 0. The van der Waals surface area contributed by atoms with Crippen LogP contribution in [0, 0.1) is 5.41 Å².